The van der Waals surface area contributed by atoms with Crippen molar-refractivity contribution in [3.8, 4) is 0 Å². The third-order valence-corrected chi connectivity index (χ3v) is 6.10. The van der Waals surface area contributed by atoms with Gasteiger partial charge in [-0.15, -0.1) is 0 Å². The number of aliphatic hydroxyl groups is 1. The molecular weight excluding hydrogens is 240 g/mol. The first-order chi connectivity index (χ1) is 8.45. The first kappa shape index (κ1) is 13.8. The van der Waals surface area contributed by atoms with E-state index in [1.165, 1.54) is 0 Å². The summed E-state index contributed by atoms with van der Waals surface area (Å²) in [5, 5.41) is 11.0. The molecule has 0 aliphatic carbocycles. The molecule has 1 aliphatic heterocycles. The zero-order valence-electron chi connectivity index (χ0n) is 11.6. The molecule has 0 aromatic heterocycles. The van der Waals surface area contributed by atoms with Gasteiger partial charge in [-0.25, -0.2) is 0 Å². The van der Waals surface area contributed by atoms with Gasteiger partial charge in [0, 0.05) is 12.5 Å². The van der Waals surface area contributed by atoms with Crippen LogP contribution in [0.2, 0.25) is 19.1 Å². The van der Waals surface area contributed by atoms with Crippen LogP contribution >= 0.6 is 0 Å². The molecule has 3 heteroatoms. The highest BCUT2D eigenvalue weighted by atomic mass is 28.4. The van der Waals surface area contributed by atoms with E-state index in [1.807, 2.05) is 30.3 Å². The van der Waals surface area contributed by atoms with Crippen LogP contribution in [0, 0.1) is 0 Å². The van der Waals surface area contributed by atoms with Crippen molar-refractivity contribution in [2.75, 3.05) is 0 Å². The Labute approximate surface area is 111 Å². The molecule has 1 aromatic rings. The van der Waals surface area contributed by atoms with Crippen LogP contribution in [0.15, 0.2) is 30.3 Å². The van der Waals surface area contributed by atoms with Crippen molar-refractivity contribution in [3.05, 3.63) is 35.9 Å². The summed E-state index contributed by atoms with van der Waals surface area (Å²) in [6.07, 6.45) is 3.11. The van der Waals surface area contributed by atoms with E-state index in [9.17, 15) is 5.11 Å². The molecule has 100 valence electrons. The molecule has 1 aromatic carbocycles. The third kappa shape index (κ3) is 3.02. The van der Waals surface area contributed by atoms with Crippen LogP contribution in [-0.4, -0.2) is 19.5 Å². The molecule has 2 rings (SSSR count). The second kappa shape index (κ2) is 5.15. The summed E-state index contributed by atoms with van der Waals surface area (Å²) in [7, 11) is -1.76. The zero-order valence-corrected chi connectivity index (χ0v) is 12.6. The maximum atomic E-state index is 11.0. The van der Waals surface area contributed by atoms with E-state index < -0.39 is 13.9 Å². The van der Waals surface area contributed by atoms with Gasteiger partial charge in [0.2, 0.25) is 0 Å². The third-order valence-electron chi connectivity index (χ3n) is 3.69. The van der Waals surface area contributed by atoms with Crippen molar-refractivity contribution in [1.82, 2.24) is 0 Å². The van der Waals surface area contributed by atoms with Gasteiger partial charge in [0.15, 0.2) is 8.32 Å². The number of hydrogen-bond donors (Lipinski definition) is 1. The van der Waals surface area contributed by atoms with Gasteiger partial charge in [0.25, 0.3) is 0 Å². The minimum atomic E-state index is -1.76. The lowest BCUT2D eigenvalue weighted by molar-refractivity contribution is -0.0247. The first-order valence-corrected chi connectivity index (χ1v) is 10.0. The highest BCUT2D eigenvalue weighted by molar-refractivity contribution is 6.71. The van der Waals surface area contributed by atoms with E-state index >= 15 is 0 Å². The highest BCUT2D eigenvalue weighted by Crippen LogP contribution is 2.42. The molecular formula is C15H24O2Si. The summed E-state index contributed by atoms with van der Waals surface area (Å²) in [4.78, 5) is 0. The van der Waals surface area contributed by atoms with Gasteiger partial charge < -0.3 is 9.53 Å². The summed E-state index contributed by atoms with van der Waals surface area (Å²) in [6, 6.07) is 10.9. The van der Waals surface area contributed by atoms with Gasteiger partial charge >= 0.3 is 0 Å². The van der Waals surface area contributed by atoms with Crippen molar-refractivity contribution < 1.29 is 9.53 Å². The zero-order chi connectivity index (χ0) is 13.2. The maximum Gasteiger partial charge on any atom is 0.190 e. The van der Waals surface area contributed by atoms with Crippen molar-refractivity contribution in [2.24, 2.45) is 0 Å². The average molecular weight is 264 g/mol. The Hall–Kier alpha value is -0.643. The van der Waals surface area contributed by atoms with E-state index in [-0.39, 0.29) is 6.10 Å². The van der Waals surface area contributed by atoms with Gasteiger partial charge in [-0.2, -0.15) is 0 Å². The van der Waals surface area contributed by atoms with Gasteiger partial charge in [-0.3, -0.25) is 0 Å². The molecule has 1 aliphatic rings. The smallest absolute Gasteiger partial charge is 0.190 e. The fourth-order valence-corrected chi connectivity index (χ4v) is 6.08. The summed E-state index contributed by atoms with van der Waals surface area (Å²) < 4.78 is 6.21. The predicted molar refractivity (Wildman–Crippen MR) is 77.0 cm³/mol. The Morgan fingerprint density at radius 2 is 2.00 bits per heavy atom. The lowest BCUT2D eigenvalue weighted by Gasteiger charge is -2.45. The first-order valence-electron chi connectivity index (χ1n) is 6.91. The quantitative estimate of drug-likeness (QED) is 0.844. The second-order valence-corrected chi connectivity index (χ2v) is 10.2. The Morgan fingerprint density at radius 1 is 1.33 bits per heavy atom. The SMILES string of the molecule is CCC[C@H]1C[C@](O)(c2ccccc2)C[Si](C)(C)O1. The van der Waals surface area contributed by atoms with Crippen LogP contribution in [0.1, 0.15) is 31.7 Å². The van der Waals surface area contributed by atoms with Gasteiger partial charge in [-0.1, -0.05) is 43.7 Å². The van der Waals surface area contributed by atoms with Crippen molar-refractivity contribution >= 4 is 8.32 Å². The molecule has 0 saturated carbocycles. The summed E-state index contributed by atoms with van der Waals surface area (Å²) >= 11 is 0. The molecule has 0 radical (unpaired) electrons. The van der Waals surface area contributed by atoms with Crippen molar-refractivity contribution in [2.45, 2.75) is 57.0 Å². The molecule has 1 N–H and O–H groups in total. The van der Waals surface area contributed by atoms with E-state index in [0.29, 0.717) is 0 Å². The topological polar surface area (TPSA) is 29.5 Å². The Bertz CT molecular complexity index is 391. The Morgan fingerprint density at radius 3 is 2.61 bits per heavy atom. The fourth-order valence-electron chi connectivity index (χ4n) is 3.14. The van der Waals surface area contributed by atoms with E-state index in [2.05, 4.69) is 20.0 Å². The number of hydrogen-bond acceptors (Lipinski definition) is 2. The van der Waals surface area contributed by atoms with Crippen molar-refractivity contribution in [3.63, 3.8) is 0 Å². The van der Waals surface area contributed by atoms with Crippen LogP contribution in [-0.2, 0) is 10.0 Å². The summed E-state index contributed by atoms with van der Waals surface area (Å²) in [6.45, 7) is 6.60. The lowest BCUT2D eigenvalue weighted by atomic mass is 9.88. The second-order valence-electron chi connectivity index (χ2n) is 6.07. The van der Waals surface area contributed by atoms with Crippen LogP contribution in [0.3, 0.4) is 0 Å². The Balaban J connectivity index is 2.26. The summed E-state index contributed by atoms with van der Waals surface area (Å²) in [5.74, 6) is 0. The highest BCUT2D eigenvalue weighted by Gasteiger charge is 2.45. The summed E-state index contributed by atoms with van der Waals surface area (Å²) in [5.41, 5.74) is 0.365. The van der Waals surface area contributed by atoms with Crippen LogP contribution in [0.25, 0.3) is 0 Å². The van der Waals surface area contributed by atoms with Gasteiger partial charge in [0.1, 0.15) is 0 Å². The van der Waals surface area contributed by atoms with Crippen LogP contribution in [0.5, 0.6) is 0 Å². The molecule has 0 spiro atoms. The molecule has 1 fully saturated rings. The molecule has 0 amide bonds. The van der Waals surface area contributed by atoms with E-state index in [4.69, 9.17) is 4.43 Å². The normalized spacial score (nSPS) is 31.2. The lowest BCUT2D eigenvalue weighted by Crippen LogP contribution is -2.50. The largest absolute Gasteiger partial charge is 0.414 e. The molecule has 2 atom stereocenters. The van der Waals surface area contributed by atoms with Crippen LogP contribution in [0.4, 0.5) is 0 Å². The molecule has 2 nitrogen and oxygen atoms in total. The van der Waals surface area contributed by atoms with E-state index in [1.54, 1.807) is 0 Å². The minimum Gasteiger partial charge on any atom is -0.414 e. The van der Waals surface area contributed by atoms with Crippen LogP contribution < -0.4 is 0 Å². The number of benzene rings is 1. The molecule has 0 bridgehead atoms. The Kier molecular flexibility index (Phi) is 3.95. The van der Waals surface area contributed by atoms with Gasteiger partial charge in [-0.05, 0) is 31.1 Å². The average Bonchev–Trinajstić information content (AvgIpc) is 2.28. The maximum absolute atomic E-state index is 11.0. The van der Waals surface area contributed by atoms with Crippen molar-refractivity contribution in [1.29, 1.82) is 0 Å². The standard InChI is InChI=1S/C15H24O2Si/c1-4-8-14-11-15(16,12-18(2,3)17-14)13-9-6-5-7-10-13/h5-7,9-10,14,16H,4,8,11-12H2,1-3H3/t14-,15+/m0/s1. The predicted octanol–water partition coefficient (Wildman–Crippen LogP) is 3.67. The monoisotopic (exact) mass is 264 g/mol. The molecule has 18 heavy (non-hydrogen) atoms. The fraction of sp³-hybridized carbons (Fsp3) is 0.600. The molecule has 0 unspecified atom stereocenters. The molecule has 1 heterocycles. The van der Waals surface area contributed by atoms with Gasteiger partial charge in [0.05, 0.1) is 5.60 Å². The molecule has 1 saturated heterocycles. The minimum absolute atomic E-state index is 0.218. The number of rotatable bonds is 3. The van der Waals surface area contributed by atoms with E-state index in [0.717, 1.165) is 30.9 Å².